The van der Waals surface area contributed by atoms with E-state index < -0.39 is 47.8 Å². The summed E-state index contributed by atoms with van der Waals surface area (Å²) in [6.07, 6.45) is -2.25. The first kappa shape index (κ1) is 22.5. The molecule has 0 aliphatic heterocycles. The van der Waals surface area contributed by atoms with Crippen LogP contribution in [-0.4, -0.2) is 94.8 Å². The minimum atomic E-state index is -2.37. The smallest absolute Gasteiger partial charge is 0.348 e. The second-order valence-electron chi connectivity index (χ2n) is 6.13. The van der Waals surface area contributed by atoms with Crippen molar-refractivity contribution in [1.82, 2.24) is 5.32 Å². The van der Waals surface area contributed by atoms with Crippen molar-refractivity contribution < 1.29 is 44.6 Å². The normalized spacial score (nSPS) is 31.4. The van der Waals surface area contributed by atoms with E-state index in [0.717, 1.165) is 7.11 Å². The monoisotopic (exact) mass is 377 g/mol. The number of hydrogen-bond acceptors (Lipinski definition) is 9. The van der Waals surface area contributed by atoms with E-state index in [9.17, 15) is 35.1 Å². The molecular formula is C16H27NO9. The van der Waals surface area contributed by atoms with Gasteiger partial charge in [-0.25, -0.2) is 4.79 Å². The number of esters is 1. The van der Waals surface area contributed by atoms with Crippen LogP contribution < -0.4 is 5.32 Å². The number of carbonyl (C=O) groups excluding carboxylic acids is 2. The van der Waals surface area contributed by atoms with Crippen molar-refractivity contribution in [3.05, 3.63) is 12.2 Å². The molecule has 10 nitrogen and oxygen atoms in total. The van der Waals surface area contributed by atoms with Gasteiger partial charge in [0.15, 0.2) is 0 Å². The van der Waals surface area contributed by atoms with Crippen LogP contribution >= 0.6 is 0 Å². The minimum Gasteiger partial charge on any atom is -0.466 e. The molecule has 1 fully saturated rings. The summed E-state index contributed by atoms with van der Waals surface area (Å²) in [5.41, 5.74) is -2.37. The van der Waals surface area contributed by atoms with Crippen LogP contribution in [0.4, 0.5) is 0 Å². The fraction of sp³-hybridized carbons (Fsp3) is 0.750. The molecule has 150 valence electrons. The summed E-state index contributed by atoms with van der Waals surface area (Å²) in [6.45, 7) is -0.410. The summed E-state index contributed by atoms with van der Waals surface area (Å²) in [5, 5.41) is 51.0. The summed E-state index contributed by atoms with van der Waals surface area (Å²) in [6, 6.07) is 0. The van der Waals surface area contributed by atoms with Gasteiger partial charge < -0.3 is 40.3 Å². The molecule has 0 radical (unpaired) electrons. The fourth-order valence-corrected chi connectivity index (χ4v) is 2.77. The number of amides is 1. The van der Waals surface area contributed by atoms with Gasteiger partial charge in [-0.05, 0) is 6.42 Å². The Morgan fingerprint density at radius 1 is 1.19 bits per heavy atom. The van der Waals surface area contributed by atoms with Gasteiger partial charge in [-0.1, -0.05) is 12.2 Å². The highest BCUT2D eigenvalue weighted by atomic mass is 16.5. The average Bonchev–Trinajstić information content (AvgIpc) is 2.65. The lowest BCUT2D eigenvalue weighted by molar-refractivity contribution is -0.175. The van der Waals surface area contributed by atoms with E-state index in [-0.39, 0.29) is 26.1 Å². The van der Waals surface area contributed by atoms with Crippen LogP contribution in [0, 0.1) is 5.92 Å². The number of methoxy groups -OCH3 is 1. The van der Waals surface area contributed by atoms with Crippen LogP contribution in [0.1, 0.15) is 12.8 Å². The molecule has 0 saturated heterocycles. The van der Waals surface area contributed by atoms with E-state index in [1.54, 1.807) is 0 Å². The van der Waals surface area contributed by atoms with E-state index in [1.807, 2.05) is 0 Å². The van der Waals surface area contributed by atoms with Crippen LogP contribution in [0.3, 0.4) is 0 Å². The first-order valence-electron chi connectivity index (χ1n) is 8.17. The highest BCUT2D eigenvalue weighted by Gasteiger charge is 2.44. The number of aliphatic hydroxyl groups is 5. The third-order valence-corrected chi connectivity index (χ3v) is 4.45. The molecule has 0 bridgehead atoms. The molecule has 1 aliphatic rings. The van der Waals surface area contributed by atoms with E-state index in [0.29, 0.717) is 0 Å². The molecule has 5 unspecified atom stereocenters. The average molecular weight is 377 g/mol. The largest absolute Gasteiger partial charge is 0.466 e. The zero-order valence-corrected chi connectivity index (χ0v) is 14.7. The lowest BCUT2D eigenvalue weighted by Gasteiger charge is -2.39. The van der Waals surface area contributed by atoms with Crippen molar-refractivity contribution in [1.29, 1.82) is 0 Å². The summed E-state index contributed by atoms with van der Waals surface area (Å²) in [4.78, 5) is 23.3. The fourth-order valence-electron chi connectivity index (χ4n) is 2.77. The van der Waals surface area contributed by atoms with Crippen molar-refractivity contribution in [3.63, 3.8) is 0 Å². The van der Waals surface area contributed by atoms with Crippen LogP contribution in [0.5, 0.6) is 0 Å². The Kier molecular flexibility index (Phi) is 8.60. The second kappa shape index (κ2) is 9.95. The number of ether oxygens (including phenoxy) is 2. The van der Waals surface area contributed by atoms with E-state index in [1.165, 1.54) is 19.2 Å². The number of nitrogens with one attached hydrogen (secondary N) is 1. The van der Waals surface area contributed by atoms with Crippen LogP contribution in [0.15, 0.2) is 12.2 Å². The van der Waals surface area contributed by atoms with Gasteiger partial charge in [0.1, 0.15) is 12.2 Å². The SMILES string of the molecule is CNC(=O)[C@@](O)(C/C=C/COC1CC(CO)C(O)C(O)C1O)C(=O)OC. The van der Waals surface area contributed by atoms with Crippen LogP contribution in [-0.2, 0) is 19.1 Å². The Labute approximate surface area is 151 Å². The summed E-state index contributed by atoms with van der Waals surface area (Å²) in [7, 11) is 2.32. The van der Waals surface area contributed by atoms with Crippen molar-refractivity contribution in [2.75, 3.05) is 27.4 Å². The van der Waals surface area contributed by atoms with E-state index in [4.69, 9.17) is 4.74 Å². The first-order valence-corrected chi connectivity index (χ1v) is 8.17. The summed E-state index contributed by atoms with van der Waals surface area (Å²) in [5.74, 6) is -2.64. The second-order valence-corrected chi connectivity index (χ2v) is 6.13. The highest BCUT2D eigenvalue weighted by molar-refractivity contribution is 6.05. The first-order chi connectivity index (χ1) is 12.2. The van der Waals surface area contributed by atoms with Gasteiger partial charge in [0.25, 0.3) is 5.91 Å². The quantitative estimate of drug-likeness (QED) is 0.147. The van der Waals surface area contributed by atoms with Crippen LogP contribution in [0.25, 0.3) is 0 Å². The standard InChI is InChI=1S/C16H27NO9/c1-17-14(22)16(24,15(23)25-2)5-3-4-6-26-10-7-9(8-18)11(19)13(21)12(10)20/h3-4,9-13,18-21,24H,5-8H2,1-2H3,(H,17,22)/b4-3+/t9?,10?,11?,12?,13?,16-/m0/s1. The topological polar surface area (TPSA) is 166 Å². The molecule has 0 heterocycles. The van der Waals surface area contributed by atoms with E-state index in [2.05, 4.69) is 10.1 Å². The Bertz CT molecular complexity index is 492. The predicted molar refractivity (Wildman–Crippen MR) is 87.7 cm³/mol. The third kappa shape index (κ3) is 5.00. The Morgan fingerprint density at radius 2 is 1.85 bits per heavy atom. The Balaban J connectivity index is 2.60. The molecule has 0 spiro atoms. The van der Waals surface area contributed by atoms with Gasteiger partial charge in [-0.3, -0.25) is 4.79 Å². The van der Waals surface area contributed by atoms with Crippen molar-refractivity contribution in [2.45, 2.75) is 42.9 Å². The highest BCUT2D eigenvalue weighted by Crippen LogP contribution is 2.27. The maximum Gasteiger partial charge on any atom is 0.348 e. The maximum absolute atomic E-state index is 11.7. The van der Waals surface area contributed by atoms with Gasteiger partial charge in [-0.15, -0.1) is 0 Å². The lowest BCUT2D eigenvalue weighted by atomic mass is 9.81. The molecule has 6 N–H and O–H groups in total. The molecule has 6 atom stereocenters. The Morgan fingerprint density at radius 3 is 2.38 bits per heavy atom. The predicted octanol–water partition coefficient (Wildman–Crippen LogP) is -2.94. The van der Waals surface area contributed by atoms with Gasteiger partial charge in [0.2, 0.25) is 5.60 Å². The molecule has 0 aromatic rings. The van der Waals surface area contributed by atoms with E-state index >= 15 is 0 Å². The number of hydrogen-bond donors (Lipinski definition) is 6. The number of aliphatic hydroxyl groups excluding tert-OH is 4. The number of carbonyl (C=O) groups is 2. The Hall–Kier alpha value is -1.56. The number of rotatable bonds is 8. The molecule has 1 amide bonds. The molecule has 1 rings (SSSR count). The molecule has 0 aromatic heterocycles. The van der Waals surface area contributed by atoms with Crippen molar-refractivity contribution >= 4 is 11.9 Å². The minimum absolute atomic E-state index is 0.0479. The maximum atomic E-state index is 11.7. The van der Waals surface area contributed by atoms with Crippen molar-refractivity contribution in [3.8, 4) is 0 Å². The molecule has 1 saturated carbocycles. The number of likely N-dealkylation sites (N-methyl/N-ethyl adjacent to an activating group) is 1. The van der Waals surface area contributed by atoms with Crippen molar-refractivity contribution in [2.24, 2.45) is 5.92 Å². The molecule has 1 aliphatic carbocycles. The van der Waals surface area contributed by atoms with Gasteiger partial charge in [0.05, 0.1) is 25.9 Å². The zero-order chi connectivity index (χ0) is 19.9. The molecule has 0 aromatic carbocycles. The lowest BCUT2D eigenvalue weighted by Crippen LogP contribution is -2.55. The van der Waals surface area contributed by atoms with Gasteiger partial charge >= 0.3 is 5.97 Å². The third-order valence-electron chi connectivity index (χ3n) is 4.45. The zero-order valence-electron chi connectivity index (χ0n) is 14.7. The van der Waals surface area contributed by atoms with Gasteiger partial charge in [0, 0.05) is 26.0 Å². The molecular weight excluding hydrogens is 350 g/mol. The van der Waals surface area contributed by atoms with Crippen LogP contribution in [0.2, 0.25) is 0 Å². The molecule has 26 heavy (non-hydrogen) atoms. The summed E-state index contributed by atoms with van der Waals surface area (Å²) >= 11 is 0. The molecule has 10 heteroatoms. The summed E-state index contributed by atoms with van der Waals surface area (Å²) < 4.78 is 9.84. The van der Waals surface area contributed by atoms with Gasteiger partial charge in [-0.2, -0.15) is 0 Å².